The number of rotatable bonds is 2. The van der Waals surface area contributed by atoms with Gasteiger partial charge in [-0.2, -0.15) is 0 Å². The van der Waals surface area contributed by atoms with E-state index in [1.54, 1.807) is 16.7 Å². The maximum Gasteiger partial charge on any atom is 0.270 e. The van der Waals surface area contributed by atoms with Crippen LogP contribution in [0.5, 0.6) is 0 Å². The van der Waals surface area contributed by atoms with Gasteiger partial charge in [0.25, 0.3) is 5.69 Å². The van der Waals surface area contributed by atoms with Gasteiger partial charge in [0, 0.05) is 30.1 Å². The van der Waals surface area contributed by atoms with Crippen molar-refractivity contribution in [3.8, 4) is 11.4 Å². The lowest BCUT2D eigenvalue weighted by atomic mass is 10.1. The lowest BCUT2D eigenvalue weighted by molar-refractivity contribution is -0.384. The van der Waals surface area contributed by atoms with Crippen molar-refractivity contribution in [2.45, 2.75) is 0 Å². The van der Waals surface area contributed by atoms with Crippen LogP contribution in [0.15, 0.2) is 48.5 Å². The van der Waals surface area contributed by atoms with Crippen LogP contribution in [-0.4, -0.2) is 14.5 Å². The van der Waals surface area contributed by atoms with Crippen molar-refractivity contribution in [1.29, 1.82) is 0 Å². The van der Waals surface area contributed by atoms with Crippen LogP contribution in [-0.2, 0) is 7.05 Å². The van der Waals surface area contributed by atoms with Crippen molar-refractivity contribution in [3.05, 3.63) is 63.3 Å². The number of fused-ring (bicyclic) bond motifs is 1. The molecule has 0 N–H and O–H groups in total. The topological polar surface area (TPSA) is 61.0 Å². The van der Waals surface area contributed by atoms with Gasteiger partial charge in [-0.25, -0.2) is 4.98 Å². The number of non-ortho nitro benzene ring substituents is 1. The Morgan fingerprint density at radius 2 is 1.95 bits per heavy atom. The van der Waals surface area contributed by atoms with Crippen LogP contribution >= 0.6 is 12.2 Å². The van der Waals surface area contributed by atoms with Gasteiger partial charge in [-0.1, -0.05) is 36.5 Å². The van der Waals surface area contributed by atoms with Crippen molar-refractivity contribution in [2.24, 2.45) is 7.05 Å². The molecule has 2 aromatic carbocycles. The average Bonchev–Trinajstić information content (AvgIpc) is 2.51. The summed E-state index contributed by atoms with van der Waals surface area (Å²) in [5.41, 5.74) is 1.49. The molecule has 0 fully saturated rings. The van der Waals surface area contributed by atoms with Crippen molar-refractivity contribution >= 4 is 28.8 Å². The molecule has 0 amide bonds. The van der Waals surface area contributed by atoms with Crippen LogP contribution in [0.4, 0.5) is 5.69 Å². The Labute approximate surface area is 125 Å². The van der Waals surface area contributed by atoms with E-state index in [9.17, 15) is 10.1 Å². The van der Waals surface area contributed by atoms with Gasteiger partial charge >= 0.3 is 0 Å². The highest BCUT2D eigenvalue weighted by Gasteiger charge is 2.11. The van der Waals surface area contributed by atoms with E-state index in [0.29, 0.717) is 16.0 Å². The van der Waals surface area contributed by atoms with Crippen molar-refractivity contribution in [1.82, 2.24) is 9.55 Å². The Balaban J connectivity index is 2.30. The maximum absolute atomic E-state index is 10.9. The van der Waals surface area contributed by atoms with E-state index in [2.05, 4.69) is 4.98 Å². The maximum atomic E-state index is 10.9. The molecule has 0 aliphatic rings. The van der Waals surface area contributed by atoms with Gasteiger partial charge in [-0.15, -0.1) is 0 Å². The first-order valence-electron chi connectivity index (χ1n) is 6.28. The zero-order chi connectivity index (χ0) is 15.0. The third-order valence-electron chi connectivity index (χ3n) is 3.30. The fourth-order valence-electron chi connectivity index (χ4n) is 2.23. The summed E-state index contributed by atoms with van der Waals surface area (Å²) in [5.74, 6) is 0.613. The summed E-state index contributed by atoms with van der Waals surface area (Å²) in [4.78, 5) is 15.1. The summed E-state index contributed by atoms with van der Waals surface area (Å²) >= 11 is 5.46. The monoisotopic (exact) mass is 297 g/mol. The van der Waals surface area contributed by atoms with Gasteiger partial charge in [0.1, 0.15) is 10.5 Å². The lowest BCUT2D eigenvalue weighted by Crippen LogP contribution is -2.02. The van der Waals surface area contributed by atoms with Gasteiger partial charge in [0.05, 0.1) is 10.4 Å². The van der Waals surface area contributed by atoms with Gasteiger partial charge in [-0.3, -0.25) is 10.1 Å². The molecular formula is C15H11N3O2S. The number of nitro groups is 1. The Bertz CT molecular complexity index is 918. The van der Waals surface area contributed by atoms with Gasteiger partial charge in [0.15, 0.2) is 0 Å². The first-order chi connectivity index (χ1) is 10.1. The lowest BCUT2D eigenvalue weighted by Gasteiger charge is -2.10. The highest BCUT2D eigenvalue weighted by molar-refractivity contribution is 7.71. The third kappa shape index (κ3) is 2.30. The van der Waals surface area contributed by atoms with E-state index in [0.717, 1.165) is 10.9 Å². The van der Waals surface area contributed by atoms with E-state index in [-0.39, 0.29) is 5.69 Å². The zero-order valence-electron chi connectivity index (χ0n) is 11.2. The van der Waals surface area contributed by atoms with Crippen molar-refractivity contribution < 1.29 is 4.92 Å². The molecule has 5 nitrogen and oxygen atoms in total. The van der Waals surface area contributed by atoms with Crippen LogP contribution < -0.4 is 0 Å². The van der Waals surface area contributed by atoms with Crippen LogP contribution in [0, 0.1) is 14.8 Å². The quantitative estimate of drug-likeness (QED) is 0.409. The summed E-state index contributed by atoms with van der Waals surface area (Å²) in [6.45, 7) is 0. The molecule has 0 bridgehead atoms. The van der Waals surface area contributed by atoms with E-state index in [4.69, 9.17) is 12.2 Å². The SMILES string of the molecule is Cn1c(-c2cccc([N+](=O)[O-])c2)nc2ccccc2c1=S. The molecule has 0 atom stereocenters. The minimum atomic E-state index is -0.418. The Hall–Kier alpha value is -2.60. The molecule has 3 rings (SSSR count). The summed E-state index contributed by atoms with van der Waals surface area (Å²) < 4.78 is 2.43. The molecule has 21 heavy (non-hydrogen) atoms. The van der Waals surface area contributed by atoms with E-state index < -0.39 is 4.92 Å². The molecule has 0 aliphatic heterocycles. The normalized spacial score (nSPS) is 10.7. The summed E-state index contributed by atoms with van der Waals surface area (Å²) in [6.07, 6.45) is 0. The number of hydrogen-bond acceptors (Lipinski definition) is 4. The largest absolute Gasteiger partial charge is 0.319 e. The molecule has 0 saturated carbocycles. The number of nitro benzene ring substituents is 1. The second-order valence-electron chi connectivity index (χ2n) is 4.62. The molecule has 0 aliphatic carbocycles. The van der Waals surface area contributed by atoms with Crippen LogP contribution in [0.25, 0.3) is 22.3 Å². The number of aromatic nitrogens is 2. The summed E-state index contributed by atoms with van der Waals surface area (Å²) in [7, 11) is 1.82. The Morgan fingerprint density at radius 1 is 1.19 bits per heavy atom. The Kier molecular flexibility index (Phi) is 3.23. The predicted molar refractivity (Wildman–Crippen MR) is 83.6 cm³/mol. The first kappa shape index (κ1) is 13.4. The first-order valence-corrected chi connectivity index (χ1v) is 6.69. The zero-order valence-corrected chi connectivity index (χ0v) is 12.0. The second-order valence-corrected chi connectivity index (χ2v) is 5.01. The van der Waals surface area contributed by atoms with E-state index in [1.165, 1.54) is 12.1 Å². The number of hydrogen-bond donors (Lipinski definition) is 0. The Morgan fingerprint density at radius 3 is 2.71 bits per heavy atom. The third-order valence-corrected chi connectivity index (χ3v) is 3.79. The molecule has 104 valence electrons. The molecular weight excluding hydrogens is 286 g/mol. The fourth-order valence-corrected chi connectivity index (χ4v) is 2.49. The summed E-state index contributed by atoms with van der Waals surface area (Å²) in [6, 6.07) is 14.0. The molecule has 3 aromatic rings. The van der Waals surface area contributed by atoms with E-state index >= 15 is 0 Å². The fraction of sp³-hybridized carbons (Fsp3) is 0.0667. The molecule has 0 unspecified atom stereocenters. The number of benzene rings is 2. The minimum absolute atomic E-state index is 0.0355. The molecule has 0 radical (unpaired) electrons. The van der Waals surface area contributed by atoms with Crippen molar-refractivity contribution in [2.75, 3.05) is 0 Å². The summed E-state index contributed by atoms with van der Waals surface area (Å²) in [5, 5.41) is 11.8. The molecule has 0 saturated heterocycles. The van der Waals surface area contributed by atoms with Crippen molar-refractivity contribution in [3.63, 3.8) is 0 Å². The minimum Gasteiger partial charge on any atom is -0.319 e. The highest BCUT2D eigenvalue weighted by atomic mass is 32.1. The van der Waals surface area contributed by atoms with Crippen LogP contribution in [0.1, 0.15) is 0 Å². The van der Waals surface area contributed by atoms with Gasteiger partial charge in [-0.05, 0) is 12.1 Å². The predicted octanol–water partition coefficient (Wildman–Crippen LogP) is 3.88. The standard InChI is InChI=1S/C15H11N3O2S/c1-17-14(10-5-4-6-11(9-10)18(19)20)16-13-8-3-2-7-12(13)15(17)21/h2-9H,1H3. The van der Waals surface area contributed by atoms with Crippen LogP contribution in [0.2, 0.25) is 0 Å². The molecule has 6 heteroatoms. The van der Waals surface area contributed by atoms with E-state index in [1.807, 2.05) is 31.3 Å². The average molecular weight is 297 g/mol. The van der Waals surface area contributed by atoms with Gasteiger partial charge in [0.2, 0.25) is 0 Å². The second kappa shape index (κ2) is 5.06. The van der Waals surface area contributed by atoms with Crippen LogP contribution in [0.3, 0.4) is 0 Å². The number of nitrogens with zero attached hydrogens (tertiary/aromatic N) is 3. The highest BCUT2D eigenvalue weighted by Crippen LogP contribution is 2.25. The molecule has 1 aromatic heterocycles. The molecule has 1 heterocycles. The number of para-hydroxylation sites is 1. The smallest absolute Gasteiger partial charge is 0.270 e. The molecule has 0 spiro atoms. The van der Waals surface area contributed by atoms with Gasteiger partial charge < -0.3 is 4.57 Å².